The fourth-order valence-corrected chi connectivity index (χ4v) is 2.91. The monoisotopic (exact) mass is 528 g/mol. The summed E-state index contributed by atoms with van der Waals surface area (Å²) >= 11 is 3.36. The minimum Gasteiger partial charge on any atom is -0.379 e. The van der Waals surface area contributed by atoms with E-state index >= 15 is 0 Å². The lowest BCUT2D eigenvalue weighted by atomic mass is 10.2. The van der Waals surface area contributed by atoms with Gasteiger partial charge in [0.1, 0.15) is 5.82 Å². The Morgan fingerprint density at radius 2 is 2.08 bits per heavy atom. The molecule has 1 aliphatic heterocycles. The number of aliphatic imine (C=N–C) groups is 1. The molecule has 0 atom stereocenters. The largest absolute Gasteiger partial charge is 0.379 e. The maximum absolute atomic E-state index is 13.8. The van der Waals surface area contributed by atoms with Gasteiger partial charge in [0.25, 0.3) is 0 Å². The van der Waals surface area contributed by atoms with E-state index in [4.69, 9.17) is 4.74 Å². The van der Waals surface area contributed by atoms with Gasteiger partial charge < -0.3 is 15.4 Å². The van der Waals surface area contributed by atoms with E-state index in [-0.39, 0.29) is 29.8 Å². The third kappa shape index (κ3) is 8.65. The number of halogens is 3. The molecule has 8 heteroatoms. The lowest BCUT2D eigenvalue weighted by Crippen LogP contribution is -2.40. The average molecular weight is 529 g/mol. The molecular formula is C17H27BrFIN4O. The topological polar surface area (TPSA) is 48.9 Å². The molecule has 0 spiro atoms. The third-order valence-corrected chi connectivity index (χ3v) is 4.30. The molecule has 0 bridgehead atoms. The summed E-state index contributed by atoms with van der Waals surface area (Å²) in [6.07, 6.45) is 1.04. The summed E-state index contributed by atoms with van der Waals surface area (Å²) in [4.78, 5) is 6.88. The lowest BCUT2D eigenvalue weighted by molar-refractivity contribution is 0.0376. The van der Waals surface area contributed by atoms with Crippen molar-refractivity contribution in [1.29, 1.82) is 0 Å². The van der Waals surface area contributed by atoms with Gasteiger partial charge in [-0.3, -0.25) is 4.90 Å². The Balaban J connectivity index is 0.00000312. The Hall–Kier alpha value is -0.450. The van der Waals surface area contributed by atoms with Crippen molar-refractivity contribution in [3.63, 3.8) is 0 Å². The number of hydrogen-bond acceptors (Lipinski definition) is 3. The zero-order valence-electron chi connectivity index (χ0n) is 14.6. The van der Waals surface area contributed by atoms with Crippen LogP contribution >= 0.6 is 39.9 Å². The van der Waals surface area contributed by atoms with Crippen molar-refractivity contribution >= 4 is 45.9 Å². The van der Waals surface area contributed by atoms with Gasteiger partial charge in [0.15, 0.2) is 5.96 Å². The first-order valence-corrected chi connectivity index (χ1v) is 9.24. The van der Waals surface area contributed by atoms with E-state index in [0.29, 0.717) is 12.1 Å². The van der Waals surface area contributed by atoms with E-state index < -0.39 is 0 Å². The summed E-state index contributed by atoms with van der Waals surface area (Å²) in [5, 5.41) is 6.51. The number of hydrogen-bond donors (Lipinski definition) is 2. The molecule has 0 amide bonds. The van der Waals surface area contributed by atoms with Crippen LogP contribution in [0.2, 0.25) is 0 Å². The number of guanidine groups is 1. The van der Waals surface area contributed by atoms with Crippen LogP contribution in [0.25, 0.3) is 0 Å². The first-order valence-electron chi connectivity index (χ1n) is 8.45. The highest BCUT2D eigenvalue weighted by Gasteiger charge is 2.09. The molecule has 0 aliphatic carbocycles. The molecule has 1 fully saturated rings. The van der Waals surface area contributed by atoms with E-state index in [1.165, 1.54) is 6.07 Å². The van der Waals surface area contributed by atoms with Gasteiger partial charge in [-0.15, -0.1) is 24.0 Å². The molecule has 1 aromatic carbocycles. The standard InChI is InChI=1S/C17H26BrFN4O.HI/c1-2-20-17(21-6-3-7-23-8-10-24-11-9-23)22-13-14-12-15(18)4-5-16(14)19;/h4-5,12H,2-3,6-11,13H2,1H3,(H2,20,21,22);1H. The van der Waals surface area contributed by atoms with Crippen molar-refractivity contribution in [3.8, 4) is 0 Å². The van der Waals surface area contributed by atoms with Crippen LogP contribution in [0.15, 0.2) is 27.7 Å². The van der Waals surface area contributed by atoms with Crippen LogP contribution in [0, 0.1) is 5.82 Å². The Kier molecular flexibility index (Phi) is 11.6. The minimum atomic E-state index is -0.231. The van der Waals surface area contributed by atoms with E-state index in [0.717, 1.165) is 62.8 Å². The van der Waals surface area contributed by atoms with Gasteiger partial charge >= 0.3 is 0 Å². The highest BCUT2D eigenvalue weighted by molar-refractivity contribution is 14.0. The smallest absolute Gasteiger partial charge is 0.191 e. The Morgan fingerprint density at radius 1 is 1.32 bits per heavy atom. The second kappa shape index (κ2) is 12.8. The first-order chi connectivity index (χ1) is 11.7. The Bertz CT molecular complexity index is 541. The van der Waals surface area contributed by atoms with Crippen molar-refractivity contribution in [3.05, 3.63) is 34.1 Å². The van der Waals surface area contributed by atoms with Crippen molar-refractivity contribution in [2.45, 2.75) is 19.9 Å². The van der Waals surface area contributed by atoms with E-state index in [1.54, 1.807) is 12.1 Å². The van der Waals surface area contributed by atoms with Crippen LogP contribution in [0.1, 0.15) is 18.9 Å². The van der Waals surface area contributed by atoms with Crippen LogP contribution in [0.3, 0.4) is 0 Å². The van der Waals surface area contributed by atoms with Gasteiger partial charge in [0, 0.05) is 36.2 Å². The molecule has 25 heavy (non-hydrogen) atoms. The number of ether oxygens (including phenoxy) is 1. The van der Waals surface area contributed by atoms with Crippen LogP contribution in [-0.2, 0) is 11.3 Å². The predicted molar refractivity (Wildman–Crippen MR) is 114 cm³/mol. The first kappa shape index (κ1) is 22.6. The van der Waals surface area contributed by atoms with Gasteiger partial charge in [-0.1, -0.05) is 15.9 Å². The molecule has 0 unspecified atom stereocenters. The van der Waals surface area contributed by atoms with Gasteiger partial charge in [-0.05, 0) is 38.1 Å². The summed E-state index contributed by atoms with van der Waals surface area (Å²) in [6.45, 7) is 8.67. The molecule has 0 saturated carbocycles. The molecule has 1 aliphatic rings. The average Bonchev–Trinajstić information content (AvgIpc) is 2.60. The fraction of sp³-hybridized carbons (Fsp3) is 0.588. The SMILES string of the molecule is CCNC(=NCc1cc(Br)ccc1F)NCCCN1CCOCC1.I. The number of nitrogens with zero attached hydrogens (tertiary/aromatic N) is 2. The molecule has 1 heterocycles. The summed E-state index contributed by atoms with van der Waals surface area (Å²) in [5.41, 5.74) is 0.579. The molecule has 5 nitrogen and oxygen atoms in total. The van der Waals surface area contributed by atoms with Crippen LogP contribution < -0.4 is 10.6 Å². The number of nitrogens with one attached hydrogen (secondary N) is 2. The van der Waals surface area contributed by atoms with Gasteiger partial charge in [-0.2, -0.15) is 0 Å². The molecular weight excluding hydrogens is 502 g/mol. The second-order valence-corrected chi connectivity index (χ2v) is 6.58. The third-order valence-electron chi connectivity index (χ3n) is 3.81. The maximum atomic E-state index is 13.8. The molecule has 2 N–H and O–H groups in total. The second-order valence-electron chi connectivity index (χ2n) is 5.67. The molecule has 1 aromatic rings. The van der Waals surface area contributed by atoms with E-state index in [9.17, 15) is 4.39 Å². The molecule has 2 rings (SSSR count). The van der Waals surface area contributed by atoms with Crippen LogP contribution in [-0.4, -0.2) is 56.8 Å². The van der Waals surface area contributed by atoms with E-state index in [2.05, 4.69) is 36.5 Å². The van der Waals surface area contributed by atoms with Crippen molar-refractivity contribution in [2.24, 2.45) is 4.99 Å². The highest BCUT2D eigenvalue weighted by Crippen LogP contribution is 2.16. The number of rotatable bonds is 7. The van der Waals surface area contributed by atoms with Crippen LogP contribution in [0.4, 0.5) is 4.39 Å². The maximum Gasteiger partial charge on any atom is 0.191 e. The van der Waals surface area contributed by atoms with Gasteiger partial charge in [0.2, 0.25) is 0 Å². The van der Waals surface area contributed by atoms with Crippen molar-refractivity contribution < 1.29 is 9.13 Å². The summed E-state index contributed by atoms with van der Waals surface area (Å²) < 4.78 is 20.0. The van der Waals surface area contributed by atoms with Crippen molar-refractivity contribution in [1.82, 2.24) is 15.5 Å². The number of benzene rings is 1. The van der Waals surface area contributed by atoms with E-state index in [1.807, 2.05) is 6.92 Å². The van der Waals surface area contributed by atoms with Gasteiger partial charge in [-0.25, -0.2) is 9.38 Å². The van der Waals surface area contributed by atoms with Crippen LogP contribution in [0.5, 0.6) is 0 Å². The quantitative estimate of drug-likeness (QED) is 0.247. The Labute approximate surface area is 174 Å². The summed E-state index contributed by atoms with van der Waals surface area (Å²) in [5.74, 6) is 0.490. The summed E-state index contributed by atoms with van der Waals surface area (Å²) in [6, 6.07) is 4.91. The zero-order chi connectivity index (χ0) is 17.2. The number of morpholine rings is 1. The molecule has 0 aromatic heterocycles. The fourth-order valence-electron chi connectivity index (χ4n) is 2.50. The normalized spacial score (nSPS) is 15.6. The molecule has 0 radical (unpaired) electrons. The van der Waals surface area contributed by atoms with Gasteiger partial charge in [0.05, 0.1) is 19.8 Å². The zero-order valence-corrected chi connectivity index (χ0v) is 18.5. The lowest BCUT2D eigenvalue weighted by Gasteiger charge is -2.26. The highest BCUT2D eigenvalue weighted by atomic mass is 127. The Morgan fingerprint density at radius 3 is 2.80 bits per heavy atom. The predicted octanol–water partition coefficient (Wildman–Crippen LogP) is 2.98. The molecule has 142 valence electrons. The summed E-state index contributed by atoms with van der Waals surface area (Å²) in [7, 11) is 0. The minimum absolute atomic E-state index is 0. The van der Waals surface area contributed by atoms with Crippen molar-refractivity contribution in [2.75, 3.05) is 45.9 Å². The molecule has 1 saturated heterocycles.